The SMILES string of the molecule is C[C@H](NC(=O)C[C@H]1C=C[C@H](NC(=O)C2CCOCC2)[C@H](CO)O1)c1ccccc1. The average molecular weight is 402 g/mol. The maximum atomic E-state index is 12.4. The van der Waals surface area contributed by atoms with E-state index in [1.165, 1.54) is 0 Å². The van der Waals surface area contributed by atoms with Crippen LogP contribution in [-0.4, -0.2) is 55.0 Å². The Morgan fingerprint density at radius 3 is 2.59 bits per heavy atom. The first-order chi connectivity index (χ1) is 14.1. The molecule has 2 amide bonds. The summed E-state index contributed by atoms with van der Waals surface area (Å²) in [5.41, 5.74) is 1.03. The predicted octanol–water partition coefficient (Wildman–Crippen LogP) is 1.48. The fourth-order valence-corrected chi connectivity index (χ4v) is 3.69. The summed E-state index contributed by atoms with van der Waals surface area (Å²) >= 11 is 0. The molecule has 158 valence electrons. The summed E-state index contributed by atoms with van der Waals surface area (Å²) in [6.45, 7) is 2.89. The molecule has 29 heavy (non-hydrogen) atoms. The second-order valence-corrected chi connectivity index (χ2v) is 7.61. The minimum absolute atomic E-state index is 0.0436. The van der Waals surface area contributed by atoms with Gasteiger partial charge in [0.2, 0.25) is 11.8 Å². The highest BCUT2D eigenvalue weighted by Crippen LogP contribution is 2.19. The van der Waals surface area contributed by atoms with Gasteiger partial charge >= 0.3 is 0 Å². The zero-order valence-electron chi connectivity index (χ0n) is 16.8. The third kappa shape index (κ3) is 6.13. The van der Waals surface area contributed by atoms with Gasteiger partial charge in [0.05, 0.1) is 31.2 Å². The second kappa shape index (κ2) is 10.5. The van der Waals surface area contributed by atoms with E-state index in [2.05, 4.69) is 10.6 Å². The summed E-state index contributed by atoms with van der Waals surface area (Å²) < 4.78 is 11.1. The Bertz CT molecular complexity index is 702. The van der Waals surface area contributed by atoms with Gasteiger partial charge in [-0.15, -0.1) is 0 Å². The smallest absolute Gasteiger partial charge is 0.223 e. The number of aliphatic hydroxyl groups is 1. The van der Waals surface area contributed by atoms with Crippen molar-refractivity contribution in [3.63, 3.8) is 0 Å². The highest BCUT2D eigenvalue weighted by molar-refractivity contribution is 5.79. The van der Waals surface area contributed by atoms with Crippen LogP contribution in [0, 0.1) is 5.92 Å². The Morgan fingerprint density at radius 1 is 1.17 bits per heavy atom. The molecule has 0 bridgehead atoms. The van der Waals surface area contributed by atoms with E-state index in [9.17, 15) is 14.7 Å². The second-order valence-electron chi connectivity index (χ2n) is 7.61. The normalized spacial score (nSPS) is 25.9. The van der Waals surface area contributed by atoms with Gasteiger partial charge in [-0.25, -0.2) is 0 Å². The molecular weight excluding hydrogens is 372 g/mol. The molecule has 4 atom stereocenters. The Morgan fingerprint density at radius 2 is 1.90 bits per heavy atom. The van der Waals surface area contributed by atoms with Gasteiger partial charge in [0, 0.05) is 19.1 Å². The predicted molar refractivity (Wildman–Crippen MR) is 108 cm³/mol. The van der Waals surface area contributed by atoms with Crippen molar-refractivity contribution in [1.29, 1.82) is 0 Å². The van der Waals surface area contributed by atoms with Crippen LogP contribution in [0.2, 0.25) is 0 Å². The van der Waals surface area contributed by atoms with Gasteiger partial charge in [0.15, 0.2) is 0 Å². The lowest BCUT2D eigenvalue weighted by Crippen LogP contribution is -2.51. The minimum atomic E-state index is -0.576. The Labute approximate surface area is 171 Å². The lowest BCUT2D eigenvalue weighted by molar-refractivity contribution is -0.132. The van der Waals surface area contributed by atoms with E-state index >= 15 is 0 Å². The van der Waals surface area contributed by atoms with E-state index in [4.69, 9.17) is 9.47 Å². The molecule has 2 heterocycles. The number of aliphatic hydroxyl groups excluding tert-OH is 1. The largest absolute Gasteiger partial charge is 0.394 e. The summed E-state index contributed by atoms with van der Waals surface area (Å²) in [6.07, 6.45) is 4.16. The lowest BCUT2D eigenvalue weighted by Gasteiger charge is -2.33. The van der Waals surface area contributed by atoms with Crippen LogP contribution in [0.3, 0.4) is 0 Å². The van der Waals surface area contributed by atoms with E-state index in [1.54, 1.807) is 6.08 Å². The molecule has 1 aromatic carbocycles. The molecule has 0 spiro atoms. The molecule has 3 N–H and O–H groups in total. The van der Waals surface area contributed by atoms with Crippen molar-refractivity contribution in [2.24, 2.45) is 5.92 Å². The van der Waals surface area contributed by atoms with Gasteiger partial charge in [-0.3, -0.25) is 9.59 Å². The number of carbonyl (C=O) groups is 2. The van der Waals surface area contributed by atoms with Crippen LogP contribution in [0.15, 0.2) is 42.5 Å². The van der Waals surface area contributed by atoms with Crippen LogP contribution < -0.4 is 10.6 Å². The van der Waals surface area contributed by atoms with Crippen LogP contribution in [0.25, 0.3) is 0 Å². The highest BCUT2D eigenvalue weighted by atomic mass is 16.5. The first-order valence-corrected chi connectivity index (χ1v) is 10.2. The third-order valence-corrected chi connectivity index (χ3v) is 5.43. The monoisotopic (exact) mass is 402 g/mol. The fraction of sp³-hybridized carbons (Fsp3) is 0.545. The van der Waals surface area contributed by atoms with Gasteiger partial charge in [-0.05, 0) is 25.3 Å². The average Bonchev–Trinajstić information content (AvgIpc) is 2.75. The Hall–Kier alpha value is -2.22. The lowest BCUT2D eigenvalue weighted by atomic mass is 9.97. The number of hydrogen-bond donors (Lipinski definition) is 3. The minimum Gasteiger partial charge on any atom is -0.394 e. The molecular formula is C22H30N2O5. The maximum Gasteiger partial charge on any atom is 0.223 e. The molecule has 0 unspecified atom stereocenters. The summed E-state index contributed by atoms with van der Waals surface area (Å²) in [5, 5.41) is 15.6. The van der Waals surface area contributed by atoms with Crippen molar-refractivity contribution in [3.05, 3.63) is 48.0 Å². The van der Waals surface area contributed by atoms with Crippen molar-refractivity contribution in [1.82, 2.24) is 10.6 Å². The van der Waals surface area contributed by atoms with Crippen LogP contribution in [0.1, 0.15) is 37.8 Å². The van der Waals surface area contributed by atoms with E-state index in [1.807, 2.05) is 43.3 Å². The van der Waals surface area contributed by atoms with Gasteiger partial charge < -0.3 is 25.2 Å². The zero-order valence-corrected chi connectivity index (χ0v) is 16.8. The van der Waals surface area contributed by atoms with Crippen molar-refractivity contribution in [2.45, 2.75) is 50.5 Å². The summed E-state index contributed by atoms with van der Waals surface area (Å²) in [7, 11) is 0. The number of ether oxygens (including phenoxy) is 2. The van der Waals surface area contributed by atoms with Crippen LogP contribution in [0.4, 0.5) is 0 Å². The van der Waals surface area contributed by atoms with E-state index in [-0.39, 0.29) is 36.8 Å². The van der Waals surface area contributed by atoms with Gasteiger partial charge in [-0.2, -0.15) is 0 Å². The molecule has 7 nitrogen and oxygen atoms in total. The van der Waals surface area contributed by atoms with Crippen molar-refractivity contribution in [2.75, 3.05) is 19.8 Å². The molecule has 2 aliphatic heterocycles. The number of benzene rings is 1. The van der Waals surface area contributed by atoms with Crippen LogP contribution >= 0.6 is 0 Å². The van der Waals surface area contributed by atoms with Crippen molar-refractivity contribution in [3.8, 4) is 0 Å². The molecule has 0 radical (unpaired) electrons. The first-order valence-electron chi connectivity index (χ1n) is 10.2. The van der Waals surface area contributed by atoms with Gasteiger partial charge in [-0.1, -0.05) is 42.5 Å². The highest BCUT2D eigenvalue weighted by Gasteiger charge is 2.31. The topological polar surface area (TPSA) is 96.9 Å². The molecule has 1 fully saturated rings. The summed E-state index contributed by atoms with van der Waals surface area (Å²) in [6, 6.07) is 9.24. The first kappa shape index (κ1) is 21.5. The van der Waals surface area contributed by atoms with Gasteiger partial charge in [0.1, 0.15) is 6.10 Å². The molecule has 0 aromatic heterocycles. The van der Waals surface area contributed by atoms with Crippen LogP contribution in [-0.2, 0) is 19.1 Å². The Balaban J connectivity index is 1.51. The van der Waals surface area contributed by atoms with Crippen molar-refractivity contribution < 1.29 is 24.2 Å². The molecule has 0 aliphatic carbocycles. The number of amides is 2. The number of hydrogen-bond acceptors (Lipinski definition) is 5. The quantitative estimate of drug-likeness (QED) is 0.601. The molecule has 0 saturated carbocycles. The third-order valence-electron chi connectivity index (χ3n) is 5.43. The number of rotatable bonds is 7. The Kier molecular flexibility index (Phi) is 7.80. The molecule has 2 aliphatic rings. The summed E-state index contributed by atoms with van der Waals surface area (Å²) in [5.74, 6) is -0.241. The maximum absolute atomic E-state index is 12.4. The molecule has 1 aromatic rings. The number of nitrogens with one attached hydrogen (secondary N) is 2. The molecule has 3 rings (SSSR count). The van der Waals surface area contributed by atoms with E-state index in [0.29, 0.717) is 26.1 Å². The molecule has 1 saturated heterocycles. The zero-order chi connectivity index (χ0) is 20.6. The summed E-state index contributed by atoms with van der Waals surface area (Å²) in [4.78, 5) is 24.8. The van der Waals surface area contributed by atoms with Crippen molar-refractivity contribution >= 4 is 11.8 Å². The van der Waals surface area contributed by atoms with Gasteiger partial charge in [0.25, 0.3) is 0 Å². The van der Waals surface area contributed by atoms with E-state index < -0.39 is 18.2 Å². The molecule has 7 heteroatoms. The number of carbonyl (C=O) groups excluding carboxylic acids is 2. The van der Waals surface area contributed by atoms with Crippen LogP contribution in [0.5, 0.6) is 0 Å². The van der Waals surface area contributed by atoms with E-state index in [0.717, 1.165) is 5.56 Å². The standard InChI is InChI=1S/C22H30N2O5/c1-15(16-5-3-2-4-6-16)23-21(26)13-18-7-8-19(20(14-25)29-18)24-22(27)17-9-11-28-12-10-17/h2-8,15,17-20,25H,9-14H2,1H3,(H,23,26)(H,24,27)/t15-,18+,19-,20-/m0/s1. The fourth-order valence-electron chi connectivity index (χ4n) is 3.69.